The Balaban J connectivity index is 0.560. The average Bonchev–Trinajstić information content (AvgIpc) is 1.50. The molecule has 0 amide bonds. The summed E-state index contributed by atoms with van der Waals surface area (Å²) in [5.74, 6) is 7.63. The Bertz CT molecular complexity index is 8330. The highest BCUT2D eigenvalue weighted by atomic mass is 16.5. The minimum Gasteiger partial charge on any atom is -0.457 e. The summed E-state index contributed by atoms with van der Waals surface area (Å²) in [6.07, 6.45) is 3.52. The van der Waals surface area contributed by atoms with Crippen LogP contribution >= 0.6 is 0 Å². The van der Waals surface area contributed by atoms with Crippen molar-refractivity contribution >= 4 is 21.8 Å². The highest BCUT2D eigenvalue weighted by Gasteiger charge is 2.54. The standard InChI is InChI=1S/C125H89N9O2/c1-122(2,3)86-61-63-89-93-73-87(62-67-99(93)125(104(89)72-86)100-53-28-31-56-108(100)135-109-57-32-29-54-101(109)125)134-107-55-30-25-49-90(107)94-74-95(112-91-50-24-26-51-96(91)123(4,5)113(112)114(94)134)121-132-118(82-45-19-10-20-46-82)131-119(133-121)84-47-33-36-76(68-84)34-21-22-35-77-58-64-102-110(69-77)136-111-71-83(106-75-105(78-37-11-6-12-38-78)126-115(127-106)79-39-13-7-14-40-79)59-66-103(111)124(102)97-52-27-23-48-88(97)92-70-85(60-65-98(92)124)120-129-116(80-41-15-8-16-42-80)128-117(130-120)81-43-17-9-18-44-81/h6-20,23-33,36-75H,21-22,34-35H2,1-5H3. The van der Waals surface area contributed by atoms with Crippen molar-refractivity contribution in [3.63, 3.8) is 0 Å². The third-order valence-corrected chi connectivity index (χ3v) is 29.0. The van der Waals surface area contributed by atoms with Crippen LogP contribution in [0.2, 0.25) is 0 Å². The molecule has 6 heterocycles. The zero-order valence-corrected chi connectivity index (χ0v) is 75.8. The molecule has 0 N–H and O–H groups in total. The Labute approximate surface area is 789 Å². The number of nitrogens with zero attached hydrogens (tertiary/aromatic N) is 9. The van der Waals surface area contributed by atoms with Crippen molar-refractivity contribution < 1.29 is 9.47 Å². The lowest BCUT2D eigenvalue weighted by Crippen LogP contribution is -2.32. The second-order valence-corrected chi connectivity index (χ2v) is 38.2. The van der Waals surface area contributed by atoms with Crippen LogP contribution in [0.4, 0.5) is 0 Å². The largest absolute Gasteiger partial charge is 0.457 e. The van der Waals surface area contributed by atoms with Crippen molar-refractivity contribution in [2.75, 3.05) is 0 Å². The molecule has 4 aromatic heterocycles. The molecule has 0 saturated carbocycles. The second kappa shape index (κ2) is 31.2. The SMILES string of the molecule is CC(C)(C)c1ccc2c(c1)C1(c3ccccc3Oc3ccccc31)c1ccc(-n3c4ccccc4c4cc(-c5nc(-c6ccccc6)nc(-c6cccc(CCCCc7ccc8c(c7)Oc7cc(-c9cc(-c%10ccccc%10)nc(-c%10ccccc%10)n9)ccc7C87c8ccccc8-c8cc(-c9nc(-c%10ccccc%10)nc(-c%10ccccc%10)n9)ccc87)c6)n5)c5c(c43)C(C)(C)c3ccccc3-5)cc1-2. The van der Waals surface area contributed by atoms with E-state index in [1.807, 2.05) is 60.7 Å². The summed E-state index contributed by atoms with van der Waals surface area (Å²) in [4.78, 5) is 42.9. The lowest BCUT2D eigenvalue weighted by Gasteiger charge is -2.39. The Hall–Kier alpha value is -16.8. The summed E-state index contributed by atoms with van der Waals surface area (Å²) < 4.78 is 16.9. The lowest BCUT2D eigenvalue weighted by molar-refractivity contribution is 0.435. The Kier molecular flexibility index (Phi) is 18.4. The molecule has 3 aliphatic carbocycles. The number of aryl methyl sites for hydroxylation is 2. The van der Waals surface area contributed by atoms with Crippen molar-refractivity contribution in [2.24, 2.45) is 0 Å². The molecule has 0 fully saturated rings. The average molecular weight is 1750 g/mol. The quantitative estimate of drug-likeness (QED) is 0.0916. The van der Waals surface area contributed by atoms with E-state index >= 15 is 0 Å². The topological polar surface area (TPSA) is 127 Å². The van der Waals surface area contributed by atoms with Gasteiger partial charge in [-0.1, -0.05) is 368 Å². The maximum atomic E-state index is 7.51. The van der Waals surface area contributed by atoms with E-state index in [0.717, 1.165) is 177 Å². The monoisotopic (exact) mass is 1750 g/mol. The Morgan fingerprint density at radius 1 is 0.265 bits per heavy atom. The van der Waals surface area contributed by atoms with E-state index in [1.54, 1.807) is 0 Å². The first-order valence-electron chi connectivity index (χ1n) is 47.1. The minimum absolute atomic E-state index is 0.0998. The first-order valence-corrected chi connectivity index (χ1v) is 47.1. The van der Waals surface area contributed by atoms with Crippen molar-refractivity contribution in [3.05, 3.63) is 473 Å². The number of benzene rings is 17. The van der Waals surface area contributed by atoms with E-state index in [9.17, 15) is 0 Å². The van der Waals surface area contributed by atoms with Crippen LogP contribution in [0.25, 0.3) is 163 Å². The molecule has 0 saturated heterocycles. The number of ether oxygens (including phenoxy) is 2. The normalized spacial score (nSPS) is 14.4. The molecule has 2 spiro atoms. The van der Waals surface area contributed by atoms with Crippen LogP contribution in [-0.2, 0) is 34.5 Å². The molecule has 21 aromatic rings. The van der Waals surface area contributed by atoms with Crippen molar-refractivity contribution in [3.8, 4) is 164 Å². The second-order valence-electron chi connectivity index (χ2n) is 38.2. The van der Waals surface area contributed by atoms with Gasteiger partial charge in [0.25, 0.3) is 0 Å². The molecule has 2 aliphatic heterocycles. The Morgan fingerprint density at radius 2 is 0.699 bits per heavy atom. The third kappa shape index (κ3) is 12.6. The van der Waals surface area contributed by atoms with Crippen molar-refractivity contribution in [1.29, 1.82) is 0 Å². The number of aromatic nitrogens is 9. The number of hydrogen-bond donors (Lipinski definition) is 0. The molecule has 11 nitrogen and oxygen atoms in total. The van der Waals surface area contributed by atoms with Crippen LogP contribution in [-0.4, -0.2) is 44.4 Å². The van der Waals surface area contributed by atoms with Gasteiger partial charge >= 0.3 is 0 Å². The van der Waals surface area contributed by atoms with Gasteiger partial charge in [0.15, 0.2) is 40.8 Å². The first-order chi connectivity index (χ1) is 66.8. The van der Waals surface area contributed by atoms with Gasteiger partial charge in [0.1, 0.15) is 23.0 Å². The number of unbranched alkanes of at least 4 members (excludes halogenated alkanes) is 1. The maximum Gasteiger partial charge on any atom is 0.164 e. The molecule has 1 atom stereocenters. The van der Waals surface area contributed by atoms with E-state index in [2.05, 4.69) is 379 Å². The van der Waals surface area contributed by atoms with Gasteiger partial charge < -0.3 is 14.0 Å². The van der Waals surface area contributed by atoms with Crippen LogP contribution in [0.5, 0.6) is 23.0 Å². The van der Waals surface area contributed by atoms with Crippen molar-refractivity contribution in [2.45, 2.75) is 82.0 Å². The molecule has 136 heavy (non-hydrogen) atoms. The van der Waals surface area contributed by atoms with Gasteiger partial charge in [0.05, 0.1) is 33.3 Å². The Morgan fingerprint density at radius 3 is 1.32 bits per heavy atom. The van der Waals surface area contributed by atoms with Gasteiger partial charge in [-0.3, -0.25) is 0 Å². The van der Waals surface area contributed by atoms with Crippen LogP contribution in [0.3, 0.4) is 0 Å². The highest BCUT2D eigenvalue weighted by Crippen LogP contribution is 2.66. The molecule has 11 heteroatoms. The summed E-state index contributed by atoms with van der Waals surface area (Å²) in [5, 5.41) is 2.28. The van der Waals surface area contributed by atoms with Gasteiger partial charge in [0.2, 0.25) is 0 Å². The van der Waals surface area contributed by atoms with Gasteiger partial charge in [-0.05, 0) is 181 Å². The summed E-state index contributed by atoms with van der Waals surface area (Å²) in [6.45, 7) is 11.8. The lowest BCUT2D eigenvalue weighted by atomic mass is 9.65. The molecule has 0 bridgehead atoms. The van der Waals surface area contributed by atoms with Gasteiger partial charge in [0, 0.05) is 94.2 Å². The molecule has 646 valence electrons. The van der Waals surface area contributed by atoms with Gasteiger partial charge in [-0.25, -0.2) is 39.9 Å². The van der Waals surface area contributed by atoms with Crippen LogP contribution in [0.15, 0.2) is 400 Å². The molecule has 17 aromatic carbocycles. The zero-order valence-electron chi connectivity index (χ0n) is 75.8. The van der Waals surface area contributed by atoms with Gasteiger partial charge in [-0.15, -0.1) is 0 Å². The highest BCUT2D eigenvalue weighted by molar-refractivity contribution is 6.16. The summed E-state index contributed by atoms with van der Waals surface area (Å²) in [7, 11) is 0. The fourth-order valence-electron chi connectivity index (χ4n) is 22.7. The van der Waals surface area contributed by atoms with E-state index in [1.165, 1.54) is 66.7 Å². The number of hydrogen-bond acceptors (Lipinski definition) is 10. The number of para-hydroxylation sites is 3. The molecule has 26 rings (SSSR count). The van der Waals surface area contributed by atoms with Crippen LogP contribution in [0, 0.1) is 0 Å². The van der Waals surface area contributed by atoms with E-state index in [-0.39, 0.29) is 5.41 Å². The fourth-order valence-corrected chi connectivity index (χ4v) is 22.7. The molecular formula is C125H89N9O2. The smallest absolute Gasteiger partial charge is 0.164 e. The fraction of sp³-hybridized carbons (Fsp3) is 0.104. The predicted molar refractivity (Wildman–Crippen MR) is 546 cm³/mol. The number of rotatable bonds is 15. The summed E-state index contributed by atoms with van der Waals surface area (Å²) in [6, 6.07) is 144. The van der Waals surface area contributed by atoms with Crippen LogP contribution < -0.4 is 9.47 Å². The predicted octanol–water partition coefficient (Wildman–Crippen LogP) is 30.1. The minimum atomic E-state index is -0.801. The van der Waals surface area contributed by atoms with E-state index < -0.39 is 16.2 Å². The summed E-state index contributed by atoms with van der Waals surface area (Å²) in [5.41, 5.74) is 33.8. The van der Waals surface area contributed by atoms with Crippen LogP contribution in [0.1, 0.15) is 120 Å². The van der Waals surface area contributed by atoms with Crippen molar-refractivity contribution in [1.82, 2.24) is 44.4 Å². The third-order valence-electron chi connectivity index (χ3n) is 29.0. The number of fused-ring (bicyclic) bond motifs is 25. The van der Waals surface area contributed by atoms with E-state index in [0.29, 0.717) is 40.8 Å². The first kappa shape index (κ1) is 80.1. The summed E-state index contributed by atoms with van der Waals surface area (Å²) >= 11 is 0. The van der Waals surface area contributed by atoms with E-state index in [4.69, 9.17) is 49.3 Å². The van der Waals surface area contributed by atoms with Gasteiger partial charge in [-0.2, -0.15) is 0 Å². The molecule has 0 radical (unpaired) electrons. The molecule has 1 unspecified atom stereocenters. The molecule has 5 aliphatic rings. The maximum absolute atomic E-state index is 7.51. The molecular weight excluding hydrogens is 1660 g/mol. The zero-order chi connectivity index (χ0) is 90.7.